The first kappa shape index (κ1) is 29.8. The van der Waals surface area contributed by atoms with Gasteiger partial charge in [-0.05, 0) is 40.8 Å². The van der Waals surface area contributed by atoms with Crippen molar-refractivity contribution in [3.63, 3.8) is 0 Å². The normalized spacial score (nSPS) is 15.0. The number of thioether (sulfide) groups is 1. The molecule has 0 atom stereocenters. The number of anilines is 1. The molecule has 4 aromatic carbocycles. The zero-order valence-electron chi connectivity index (χ0n) is 22.9. The first-order valence-corrected chi connectivity index (χ1v) is 18.5. The second-order valence-corrected chi connectivity index (χ2v) is 15.4. The molecule has 6 rings (SSSR count). The van der Waals surface area contributed by atoms with Crippen LogP contribution < -0.4 is 9.47 Å². The number of benzene rings is 4. The number of hydrogen-bond donors (Lipinski definition) is 1. The highest BCUT2D eigenvalue weighted by atomic mass is 32.2. The summed E-state index contributed by atoms with van der Waals surface area (Å²) in [6.07, 6.45) is 6.38. The number of fused-ring (bicyclic) bond motifs is 6. The number of hydrogen-bond acceptors (Lipinski definition) is 8. The Hall–Kier alpha value is -3.26. The van der Waals surface area contributed by atoms with Gasteiger partial charge in [0.05, 0.1) is 26.6 Å². The molecule has 12 heteroatoms. The average Bonchev–Trinajstić information content (AvgIpc) is 3.50. The molecule has 222 valence electrons. The summed E-state index contributed by atoms with van der Waals surface area (Å²) < 4.78 is 69.1. The maximum Gasteiger partial charge on any atom is 0.264 e. The second kappa shape index (κ2) is 12.0. The summed E-state index contributed by atoms with van der Waals surface area (Å²) in [7, 11) is -8.39. The molecule has 1 aliphatic rings. The van der Waals surface area contributed by atoms with Crippen LogP contribution in [0, 0.1) is 0 Å². The maximum atomic E-state index is 11.4. The van der Waals surface area contributed by atoms with Crippen LogP contribution in [0.1, 0.15) is 17.8 Å². The van der Waals surface area contributed by atoms with Crippen molar-refractivity contribution in [1.82, 2.24) is 0 Å². The lowest BCUT2D eigenvalue weighted by atomic mass is 10.1. The fraction of sp³-hybridized carbons (Fsp3) is 0.194. The number of nitrogens with zero attached hydrogens (tertiary/aromatic N) is 2. The van der Waals surface area contributed by atoms with E-state index < -0.39 is 26.0 Å². The third-order valence-electron chi connectivity index (χ3n) is 7.28. The Morgan fingerprint density at radius 2 is 1.56 bits per heavy atom. The number of allylic oxidation sites excluding steroid dienone is 2. The zero-order valence-corrected chi connectivity index (χ0v) is 26.2. The van der Waals surface area contributed by atoms with E-state index in [4.69, 9.17) is 0 Å². The molecule has 5 aromatic rings. The van der Waals surface area contributed by atoms with Gasteiger partial charge in [0.15, 0.2) is 6.54 Å². The van der Waals surface area contributed by atoms with Gasteiger partial charge in [-0.2, -0.15) is 13.0 Å². The molecule has 1 aromatic heterocycles. The minimum absolute atomic E-state index is 0.205. The highest BCUT2D eigenvalue weighted by Crippen LogP contribution is 2.49. The van der Waals surface area contributed by atoms with Gasteiger partial charge in [-0.1, -0.05) is 83.8 Å². The Morgan fingerprint density at radius 1 is 0.860 bits per heavy atom. The first-order valence-electron chi connectivity index (χ1n) is 13.7. The van der Waals surface area contributed by atoms with E-state index >= 15 is 0 Å². The van der Waals surface area contributed by atoms with Gasteiger partial charge in [-0.15, -0.1) is 0 Å². The molecule has 1 N–H and O–H groups in total. The maximum absolute atomic E-state index is 11.4. The number of thiazole rings is 1. The molecule has 2 heterocycles. The number of rotatable bonds is 10. The quantitative estimate of drug-likeness (QED) is 0.141. The first-order chi connectivity index (χ1) is 20.6. The van der Waals surface area contributed by atoms with Crippen LogP contribution in [0.25, 0.3) is 37.8 Å². The van der Waals surface area contributed by atoms with Gasteiger partial charge < -0.3 is 9.45 Å². The Labute approximate surface area is 258 Å². The zero-order chi connectivity index (χ0) is 30.2. The highest BCUT2D eigenvalue weighted by Gasteiger charge is 2.27. The van der Waals surface area contributed by atoms with Gasteiger partial charge in [0.2, 0.25) is 5.52 Å². The van der Waals surface area contributed by atoms with Gasteiger partial charge >= 0.3 is 0 Å². The standard InChI is InChI=1S/C31H28N2O6S4/c34-42(35,36)20-6-18-32-26-16-14-22-8-1-3-10-24(22)30(26)40-28(32)12-5-13-29-33(19-7-21-43(37,38)39)27-17-15-23-9-2-4-11-25(23)31(27)41-29/h1-5,8-17H,6-7,18-21H2,(H-,34,35,36,37,38,39). The van der Waals surface area contributed by atoms with Crippen molar-refractivity contribution in [1.29, 1.82) is 0 Å². The van der Waals surface area contributed by atoms with Crippen molar-refractivity contribution in [2.75, 3.05) is 23.0 Å². The predicted molar refractivity (Wildman–Crippen MR) is 174 cm³/mol. The van der Waals surface area contributed by atoms with Crippen molar-refractivity contribution < 1.29 is 30.5 Å². The van der Waals surface area contributed by atoms with E-state index in [9.17, 15) is 25.9 Å². The SMILES string of the molecule is O=S(=O)([O-])CCC[n+]1c(/C=C/C=C2\Sc3c(ccc4ccccc34)N2CCCS(=O)(=O)O)sc2c3ccccc3ccc21. The summed E-state index contributed by atoms with van der Waals surface area (Å²) in [5.41, 5.74) is 1.96. The molecule has 1 aliphatic heterocycles. The summed E-state index contributed by atoms with van der Waals surface area (Å²) in [5.74, 6) is -0.755. The molecule has 0 radical (unpaired) electrons. The molecule has 0 aliphatic carbocycles. The Balaban J connectivity index is 1.37. The van der Waals surface area contributed by atoms with Crippen LogP contribution in [0.15, 0.2) is 94.9 Å². The highest BCUT2D eigenvalue weighted by molar-refractivity contribution is 8.04. The Kier molecular flexibility index (Phi) is 8.33. The van der Waals surface area contributed by atoms with Crippen LogP contribution in [0.5, 0.6) is 0 Å². The molecule has 0 amide bonds. The Morgan fingerprint density at radius 3 is 2.30 bits per heavy atom. The van der Waals surface area contributed by atoms with Crippen LogP contribution in [0.3, 0.4) is 0 Å². The third kappa shape index (κ3) is 6.64. The molecule has 0 saturated heterocycles. The molecule has 0 saturated carbocycles. The lowest BCUT2D eigenvalue weighted by molar-refractivity contribution is -0.668. The van der Waals surface area contributed by atoms with E-state index in [1.807, 2.05) is 60.7 Å². The van der Waals surface area contributed by atoms with E-state index in [2.05, 4.69) is 39.8 Å². The van der Waals surface area contributed by atoms with E-state index in [0.717, 1.165) is 52.4 Å². The Bertz CT molecular complexity index is 2140. The van der Waals surface area contributed by atoms with E-state index in [1.165, 1.54) is 0 Å². The minimum atomic E-state index is -4.32. The summed E-state index contributed by atoms with van der Waals surface area (Å²) in [5, 5.41) is 6.27. The van der Waals surface area contributed by atoms with Crippen LogP contribution in [0.2, 0.25) is 0 Å². The third-order valence-corrected chi connectivity index (χ3v) is 11.3. The monoisotopic (exact) mass is 652 g/mol. The van der Waals surface area contributed by atoms with Crippen LogP contribution in [-0.4, -0.2) is 44.0 Å². The van der Waals surface area contributed by atoms with Crippen LogP contribution in [0.4, 0.5) is 5.69 Å². The van der Waals surface area contributed by atoms with Gasteiger partial charge in [0, 0.05) is 41.1 Å². The van der Waals surface area contributed by atoms with Crippen molar-refractivity contribution in [2.45, 2.75) is 24.3 Å². The molecule has 0 fully saturated rings. The lowest BCUT2D eigenvalue weighted by Gasteiger charge is -2.20. The lowest BCUT2D eigenvalue weighted by Crippen LogP contribution is -2.36. The molecule has 8 nitrogen and oxygen atoms in total. The van der Waals surface area contributed by atoms with E-state index in [0.29, 0.717) is 13.1 Å². The average molecular weight is 653 g/mol. The summed E-state index contributed by atoms with van der Waals surface area (Å²) >= 11 is 3.22. The fourth-order valence-electron chi connectivity index (χ4n) is 5.39. The van der Waals surface area contributed by atoms with Gasteiger partial charge in [0.25, 0.3) is 15.1 Å². The predicted octanol–water partition coefficient (Wildman–Crippen LogP) is 6.18. The van der Waals surface area contributed by atoms with Crippen molar-refractivity contribution >= 4 is 86.9 Å². The largest absolute Gasteiger partial charge is 0.748 e. The van der Waals surface area contributed by atoms with Crippen molar-refractivity contribution in [2.24, 2.45) is 0 Å². The van der Waals surface area contributed by atoms with Gasteiger partial charge in [0.1, 0.15) is 4.70 Å². The van der Waals surface area contributed by atoms with Crippen LogP contribution in [-0.2, 0) is 26.8 Å². The van der Waals surface area contributed by atoms with Crippen LogP contribution >= 0.6 is 23.1 Å². The fourth-order valence-corrected chi connectivity index (χ4v) is 8.83. The number of aromatic nitrogens is 1. The van der Waals surface area contributed by atoms with Gasteiger partial charge in [-0.25, -0.2) is 8.42 Å². The molecule has 0 unspecified atom stereocenters. The molecule has 0 bridgehead atoms. The smallest absolute Gasteiger partial charge is 0.264 e. The minimum Gasteiger partial charge on any atom is -0.748 e. The van der Waals surface area contributed by atoms with Gasteiger partial charge in [-0.3, -0.25) is 4.55 Å². The topological polar surface area (TPSA) is 119 Å². The molecule has 0 spiro atoms. The molecular weight excluding hydrogens is 625 g/mol. The van der Waals surface area contributed by atoms with Crippen molar-refractivity contribution in [3.05, 3.63) is 95.0 Å². The number of aryl methyl sites for hydroxylation is 1. The van der Waals surface area contributed by atoms with E-state index in [1.54, 1.807) is 23.1 Å². The van der Waals surface area contributed by atoms with Crippen molar-refractivity contribution in [3.8, 4) is 0 Å². The molecule has 43 heavy (non-hydrogen) atoms. The summed E-state index contributed by atoms with van der Waals surface area (Å²) in [6.45, 7) is 0.792. The second-order valence-electron chi connectivity index (χ2n) is 10.2. The van der Waals surface area contributed by atoms with E-state index in [-0.39, 0.29) is 18.6 Å². The summed E-state index contributed by atoms with van der Waals surface area (Å²) in [4.78, 5) is 3.17. The molecular formula is C31H28N2O6S4. The summed E-state index contributed by atoms with van der Waals surface area (Å²) in [6, 6.07) is 24.4.